The lowest BCUT2D eigenvalue weighted by molar-refractivity contribution is 0.0590. The van der Waals surface area contributed by atoms with E-state index in [0.717, 1.165) is 27.6 Å². The number of para-hydroxylation sites is 1. The number of benzene rings is 3. The Bertz CT molecular complexity index is 1310. The molecule has 0 N–H and O–H groups in total. The lowest BCUT2D eigenvalue weighted by Crippen LogP contribution is -2.10. The van der Waals surface area contributed by atoms with Gasteiger partial charge in [0.05, 0.1) is 12.6 Å². The lowest BCUT2D eigenvalue weighted by Gasteiger charge is -2.17. The summed E-state index contributed by atoms with van der Waals surface area (Å²) >= 11 is 7.48. The smallest absolute Gasteiger partial charge is 0.344 e. The number of fused-ring (bicyclic) bond motifs is 1. The van der Waals surface area contributed by atoms with Crippen molar-refractivity contribution in [3.05, 3.63) is 99.6 Å². The van der Waals surface area contributed by atoms with Crippen LogP contribution in [0.3, 0.4) is 0 Å². The van der Waals surface area contributed by atoms with Crippen molar-refractivity contribution < 1.29 is 14.3 Å². The molecule has 4 nitrogen and oxygen atoms in total. The van der Waals surface area contributed by atoms with E-state index in [4.69, 9.17) is 26.1 Å². The first-order valence-electron chi connectivity index (χ1n) is 10.5. The third-order valence-electron chi connectivity index (χ3n) is 5.36. The van der Waals surface area contributed by atoms with Crippen LogP contribution in [0, 0.1) is 13.8 Å². The van der Waals surface area contributed by atoms with Crippen molar-refractivity contribution in [1.29, 1.82) is 0 Å². The van der Waals surface area contributed by atoms with E-state index in [1.165, 1.54) is 24.4 Å². The standard InChI is InChI=1S/C27H24ClNO3S/c1-17-8-11-20(18(2)14-17)15-32-25-22-6-4-5-7-23(22)29-26(24(25)27(30)31-3)33-16-19-9-12-21(28)13-10-19/h4-14H,15-16H2,1-3H3. The minimum atomic E-state index is -0.470. The number of esters is 1. The van der Waals surface area contributed by atoms with Crippen molar-refractivity contribution in [2.75, 3.05) is 7.11 Å². The summed E-state index contributed by atoms with van der Waals surface area (Å²) in [5.74, 6) is 0.650. The minimum absolute atomic E-state index is 0.339. The number of ether oxygens (including phenoxy) is 2. The molecular formula is C27H24ClNO3S. The van der Waals surface area contributed by atoms with Gasteiger partial charge >= 0.3 is 5.97 Å². The largest absolute Gasteiger partial charge is 0.487 e. The number of nitrogens with zero attached hydrogens (tertiary/aromatic N) is 1. The Balaban J connectivity index is 1.75. The van der Waals surface area contributed by atoms with E-state index >= 15 is 0 Å². The molecule has 6 heteroatoms. The maximum absolute atomic E-state index is 12.9. The normalized spacial score (nSPS) is 10.9. The highest BCUT2D eigenvalue weighted by Crippen LogP contribution is 2.37. The van der Waals surface area contributed by atoms with E-state index < -0.39 is 5.97 Å². The lowest BCUT2D eigenvalue weighted by atomic mass is 10.1. The zero-order valence-corrected chi connectivity index (χ0v) is 20.3. The fraction of sp³-hybridized carbons (Fsp3) is 0.185. The number of halogens is 1. The molecule has 0 fully saturated rings. The third-order valence-corrected chi connectivity index (χ3v) is 6.66. The SMILES string of the molecule is COC(=O)c1c(SCc2ccc(Cl)cc2)nc2ccccc2c1OCc1ccc(C)cc1C. The Morgan fingerprint density at radius 3 is 2.52 bits per heavy atom. The highest BCUT2D eigenvalue weighted by molar-refractivity contribution is 7.98. The molecule has 0 saturated heterocycles. The van der Waals surface area contributed by atoms with E-state index in [9.17, 15) is 4.79 Å². The van der Waals surface area contributed by atoms with E-state index in [1.807, 2.05) is 48.5 Å². The average Bonchev–Trinajstić information content (AvgIpc) is 2.82. The molecule has 0 bridgehead atoms. The van der Waals surface area contributed by atoms with Crippen LogP contribution in [-0.2, 0) is 17.1 Å². The topological polar surface area (TPSA) is 48.4 Å². The van der Waals surface area contributed by atoms with Crippen LogP contribution in [0.25, 0.3) is 10.9 Å². The van der Waals surface area contributed by atoms with Gasteiger partial charge in [-0.05, 0) is 54.8 Å². The van der Waals surface area contributed by atoms with Gasteiger partial charge in [0.2, 0.25) is 0 Å². The second-order valence-electron chi connectivity index (χ2n) is 7.76. The van der Waals surface area contributed by atoms with Crippen molar-refractivity contribution in [3.63, 3.8) is 0 Å². The summed E-state index contributed by atoms with van der Waals surface area (Å²) in [5, 5.41) is 2.04. The molecule has 1 heterocycles. The number of methoxy groups -OCH3 is 1. The van der Waals surface area contributed by atoms with E-state index in [-0.39, 0.29) is 0 Å². The molecule has 4 rings (SSSR count). The molecule has 1 aromatic heterocycles. The average molecular weight is 478 g/mol. The van der Waals surface area contributed by atoms with Crippen LogP contribution >= 0.6 is 23.4 Å². The number of aromatic nitrogens is 1. The van der Waals surface area contributed by atoms with Gasteiger partial charge in [-0.25, -0.2) is 9.78 Å². The summed E-state index contributed by atoms with van der Waals surface area (Å²) in [5.41, 5.74) is 5.59. The number of thioether (sulfide) groups is 1. The number of hydrogen-bond donors (Lipinski definition) is 0. The van der Waals surface area contributed by atoms with Crippen molar-refractivity contribution in [2.24, 2.45) is 0 Å². The Kier molecular flexibility index (Phi) is 7.21. The summed E-state index contributed by atoms with van der Waals surface area (Å²) in [6.45, 7) is 4.46. The summed E-state index contributed by atoms with van der Waals surface area (Å²) in [7, 11) is 1.37. The Labute approximate surface area is 202 Å². The van der Waals surface area contributed by atoms with Crippen LogP contribution < -0.4 is 4.74 Å². The monoisotopic (exact) mass is 477 g/mol. The van der Waals surface area contributed by atoms with Crippen molar-refractivity contribution in [3.8, 4) is 5.75 Å². The van der Waals surface area contributed by atoms with Gasteiger partial charge in [0.15, 0.2) is 0 Å². The number of hydrogen-bond acceptors (Lipinski definition) is 5. The molecule has 0 aliphatic rings. The van der Waals surface area contributed by atoms with E-state index in [0.29, 0.717) is 33.7 Å². The molecule has 33 heavy (non-hydrogen) atoms. The van der Waals surface area contributed by atoms with Crippen LogP contribution in [0.5, 0.6) is 5.75 Å². The van der Waals surface area contributed by atoms with Crippen LogP contribution in [0.4, 0.5) is 0 Å². The highest BCUT2D eigenvalue weighted by Gasteiger charge is 2.24. The maximum atomic E-state index is 12.9. The molecule has 0 spiro atoms. The number of rotatable bonds is 7. The van der Waals surface area contributed by atoms with Crippen molar-refractivity contribution in [2.45, 2.75) is 31.2 Å². The molecular weight excluding hydrogens is 454 g/mol. The second-order valence-corrected chi connectivity index (χ2v) is 9.16. The summed E-state index contributed by atoms with van der Waals surface area (Å²) in [4.78, 5) is 17.7. The Morgan fingerprint density at radius 1 is 1.03 bits per heavy atom. The molecule has 0 radical (unpaired) electrons. The molecule has 168 valence electrons. The van der Waals surface area contributed by atoms with Gasteiger partial charge in [0.1, 0.15) is 22.9 Å². The van der Waals surface area contributed by atoms with Crippen LogP contribution in [-0.4, -0.2) is 18.1 Å². The minimum Gasteiger partial charge on any atom is -0.487 e. The Hall–Kier alpha value is -3.02. The number of carbonyl (C=O) groups excluding carboxylic acids is 1. The zero-order chi connectivity index (χ0) is 23.4. The molecule has 0 atom stereocenters. The van der Waals surface area contributed by atoms with Crippen LogP contribution in [0.1, 0.15) is 32.6 Å². The van der Waals surface area contributed by atoms with Gasteiger partial charge in [-0.3, -0.25) is 0 Å². The summed E-state index contributed by atoms with van der Waals surface area (Å²) in [6, 6.07) is 21.6. The molecule has 0 unspecified atom stereocenters. The summed E-state index contributed by atoms with van der Waals surface area (Å²) in [6.07, 6.45) is 0. The van der Waals surface area contributed by atoms with Gasteiger partial charge in [0.25, 0.3) is 0 Å². The third kappa shape index (κ3) is 5.32. The fourth-order valence-corrected chi connectivity index (χ4v) is 4.69. The van der Waals surface area contributed by atoms with Crippen LogP contribution in [0.2, 0.25) is 5.02 Å². The number of aryl methyl sites for hydroxylation is 2. The van der Waals surface area contributed by atoms with Crippen LogP contribution in [0.15, 0.2) is 71.8 Å². The maximum Gasteiger partial charge on any atom is 0.344 e. The quantitative estimate of drug-likeness (QED) is 0.209. The van der Waals surface area contributed by atoms with Gasteiger partial charge in [-0.15, -0.1) is 11.8 Å². The molecule has 0 saturated carbocycles. The Morgan fingerprint density at radius 2 is 1.79 bits per heavy atom. The van der Waals surface area contributed by atoms with Crippen molar-refractivity contribution >= 4 is 40.2 Å². The van der Waals surface area contributed by atoms with E-state index in [2.05, 4.69) is 32.0 Å². The highest BCUT2D eigenvalue weighted by atomic mass is 35.5. The summed E-state index contributed by atoms with van der Waals surface area (Å²) < 4.78 is 11.5. The first kappa shape index (κ1) is 23.1. The van der Waals surface area contributed by atoms with Gasteiger partial charge < -0.3 is 9.47 Å². The second kappa shape index (κ2) is 10.3. The van der Waals surface area contributed by atoms with Gasteiger partial charge in [-0.1, -0.05) is 59.6 Å². The first-order valence-corrected chi connectivity index (χ1v) is 11.9. The molecule has 3 aromatic carbocycles. The predicted molar refractivity (Wildman–Crippen MR) is 134 cm³/mol. The molecule has 0 aliphatic heterocycles. The van der Waals surface area contributed by atoms with Gasteiger partial charge in [-0.2, -0.15) is 0 Å². The number of carbonyl (C=O) groups is 1. The molecule has 4 aromatic rings. The first-order chi connectivity index (χ1) is 16.0. The van der Waals surface area contributed by atoms with Gasteiger partial charge in [0, 0.05) is 16.2 Å². The van der Waals surface area contributed by atoms with Crippen molar-refractivity contribution in [1.82, 2.24) is 4.98 Å². The predicted octanol–water partition coefficient (Wildman–Crippen LogP) is 7.16. The van der Waals surface area contributed by atoms with E-state index in [1.54, 1.807) is 0 Å². The fourth-order valence-electron chi connectivity index (χ4n) is 3.59. The number of pyridine rings is 1. The zero-order valence-electron chi connectivity index (χ0n) is 18.7. The molecule has 0 amide bonds. The molecule has 0 aliphatic carbocycles.